The van der Waals surface area contributed by atoms with Crippen LogP contribution in [0.1, 0.15) is 28.8 Å². The number of benzene rings is 2. The summed E-state index contributed by atoms with van der Waals surface area (Å²) in [5, 5.41) is 11.9. The molecule has 0 atom stereocenters. The maximum Gasteiger partial charge on any atom is 0.573 e. The van der Waals surface area contributed by atoms with Gasteiger partial charge in [0.1, 0.15) is 18.1 Å². The first kappa shape index (κ1) is 20.8. The molecule has 0 radical (unpaired) electrons. The van der Waals surface area contributed by atoms with Gasteiger partial charge in [-0.15, -0.1) is 13.2 Å². The second-order valence-electron chi connectivity index (χ2n) is 6.38. The number of alkyl halides is 3. The van der Waals surface area contributed by atoms with E-state index in [0.29, 0.717) is 5.56 Å². The molecular weight excluding hydrogens is 415 g/mol. The number of ether oxygens (including phenoxy) is 2. The molecule has 0 bridgehead atoms. The molecule has 154 valence electrons. The Balaban J connectivity index is 1.69. The van der Waals surface area contributed by atoms with Crippen LogP contribution in [-0.2, 0) is 11.4 Å². The number of aromatic carboxylic acids is 1. The van der Waals surface area contributed by atoms with Crippen molar-refractivity contribution in [3.63, 3.8) is 0 Å². The van der Waals surface area contributed by atoms with Crippen molar-refractivity contribution in [2.24, 2.45) is 5.92 Å². The minimum atomic E-state index is -4.84. The Morgan fingerprint density at radius 3 is 2.48 bits per heavy atom. The molecule has 0 heterocycles. The third-order valence-electron chi connectivity index (χ3n) is 4.05. The molecule has 0 unspecified atom stereocenters. The zero-order chi connectivity index (χ0) is 21.2. The number of halogens is 4. The van der Waals surface area contributed by atoms with Crippen LogP contribution in [0, 0.1) is 5.92 Å². The minimum absolute atomic E-state index is 0.0777. The van der Waals surface area contributed by atoms with E-state index in [0.717, 1.165) is 25.0 Å². The fourth-order valence-electron chi connectivity index (χ4n) is 2.50. The van der Waals surface area contributed by atoms with Crippen molar-refractivity contribution in [3.8, 4) is 11.5 Å². The number of rotatable bonds is 7. The Kier molecular flexibility index (Phi) is 5.88. The van der Waals surface area contributed by atoms with E-state index in [1.165, 1.54) is 18.2 Å². The first-order valence-corrected chi connectivity index (χ1v) is 8.85. The molecule has 1 fully saturated rings. The molecule has 2 aromatic rings. The molecule has 10 heteroatoms. The van der Waals surface area contributed by atoms with E-state index in [4.69, 9.17) is 16.3 Å². The number of carboxylic acids is 1. The second kappa shape index (κ2) is 8.20. The summed E-state index contributed by atoms with van der Waals surface area (Å²) in [5.41, 5.74) is 0.559. The monoisotopic (exact) mass is 429 g/mol. The van der Waals surface area contributed by atoms with E-state index >= 15 is 0 Å². The third-order valence-corrected chi connectivity index (χ3v) is 4.35. The SMILES string of the molecule is O=C(O)c1cc(COc2ccc(OC(F)(F)F)cc2Cl)ccc1NC(=O)C1CC1. The van der Waals surface area contributed by atoms with E-state index in [2.05, 4.69) is 10.1 Å². The lowest BCUT2D eigenvalue weighted by molar-refractivity contribution is -0.274. The highest BCUT2D eigenvalue weighted by molar-refractivity contribution is 6.32. The number of carboxylic acid groups (broad SMARTS) is 1. The molecule has 0 saturated heterocycles. The van der Waals surface area contributed by atoms with Crippen LogP contribution in [-0.4, -0.2) is 23.3 Å². The third kappa shape index (κ3) is 5.77. The number of carbonyl (C=O) groups is 2. The molecule has 2 N–H and O–H groups in total. The number of hydrogen-bond acceptors (Lipinski definition) is 4. The molecule has 3 rings (SSSR count). The summed E-state index contributed by atoms with van der Waals surface area (Å²) >= 11 is 5.91. The first-order chi connectivity index (χ1) is 13.6. The normalized spacial score (nSPS) is 13.7. The standard InChI is InChI=1S/C19H15ClF3NO5/c20-14-8-12(29-19(21,22)23)4-6-16(14)28-9-10-1-5-15(13(7-10)18(26)27)24-17(25)11-2-3-11/h1,4-8,11H,2-3,9H2,(H,24,25)(H,26,27). The van der Waals surface area contributed by atoms with Gasteiger partial charge in [0.15, 0.2) is 0 Å². The van der Waals surface area contributed by atoms with Crippen LogP contribution in [0.5, 0.6) is 11.5 Å². The highest BCUT2D eigenvalue weighted by Gasteiger charge is 2.31. The van der Waals surface area contributed by atoms with Crippen LogP contribution in [0.4, 0.5) is 18.9 Å². The summed E-state index contributed by atoms with van der Waals surface area (Å²) in [6, 6.07) is 7.61. The van der Waals surface area contributed by atoms with Crippen molar-refractivity contribution in [3.05, 3.63) is 52.5 Å². The smallest absolute Gasteiger partial charge is 0.487 e. The van der Waals surface area contributed by atoms with Crippen LogP contribution in [0.25, 0.3) is 0 Å². The zero-order valence-electron chi connectivity index (χ0n) is 14.8. The van der Waals surface area contributed by atoms with Gasteiger partial charge in [0, 0.05) is 12.0 Å². The van der Waals surface area contributed by atoms with E-state index in [9.17, 15) is 27.9 Å². The summed E-state index contributed by atoms with van der Waals surface area (Å²) in [5.74, 6) is -1.90. The van der Waals surface area contributed by atoms with Crippen LogP contribution >= 0.6 is 11.6 Å². The molecule has 1 aliphatic rings. The number of carbonyl (C=O) groups excluding carboxylic acids is 1. The van der Waals surface area contributed by atoms with Crippen molar-refractivity contribution in [2.45, 2.75) is 25.8 Å². The molecule has 29 heavy (non-hydrogen) atoms. The highest BCUT2D eigenvalue weighted by atomic mass is 35.5. The molecule has 6 nitrogen and oxygen atoms in total. The number of amides is 1. The lowest BCUT2D eigenvalue weighted by Crippen LogP contribution is -2.17. The number of hydrogen-bond donors (Lipinski definition) is 2. The molecule has 0 aromatic heterocycles. The molecule has 1 aliphatic carbocycles. The first-order valence-electron chi connectivity index (χ1n) is 8.47. The number of anilines is 1. The molecule has 0 aliphatic heterocycles. The van der Waals surface area contributed by atoms with Crippen LogP contribution < -0.4 is 14.8 Å². The Bertz CT molecular complexity index is 944. The Morgan fingerprint density at radius 1 is 1.17 bits per heavy atom. The molecule has 1 amide bonds. The van der Waals surface area contributed by atoms with Crippen molar-refractivity contribution in [2.75, 3.05) is 5.32 Å². The van der Waals surface area contributed by atoms with Gasteiger partial charge in [-0.05, 0) is 42.7 Å². The molecular formula is C19H15ClF3NO5. The Labute approximate surface area is 168 Å². The fourth-order valence-corrected chi connectivity index (χ4v) is 2.73. The second-order valence-corrected chi connectivity index (χ2v) is 6.78. The lowest BCUT2D eigenvalue weighted by atomic mass is 10.1. The van der Waals surface area contributed by atoms with Gasteiger partial charge < -0.3 is 19.9 Å². The quantitative estimate of drug-likeness (QED) is 0.656. The van der Waals surface area contributed by atoms with Gasteiger partial charge in [0.05, 0.1) is 16.3 Å². The van der Waals surface area contributed by atoms with Gasteiger partial charge in [-0.2, -0.15) is 0 Å². The summed E-state index contributed by atoms with van der Waals surface area (Å²) in [7, 11) is 0. The van der Waals surface area contributed by atoms with Gasteiger partial charge >= 0.3 is 12.3 Å². The number of nitrogens with one attached hydrogen (secondary N) is 1. The maximum atomic E-state index is 12.2. The predicted molar refractivity (Wildman–Crippen MR) is 97.2 cm³/mol. The molecule has 2 aromatic carbocycles. The molecule has 0 spiro atoms. The van der Waals surface area contributed by atoms with Crippen molar-refractivity contribution < 1.29 is 37.3 Å². The Hall–Kier alpha value is -2.94. The average Bonchev–Trinajstić information content (AvgIpc) is 3.45. The van der Waals surface area contributed by atoms with Crippen LogP contribution in [0.2, 0.25) is 5.02 Å². The van der Waals surface area contributed by atoms with Gasteiger partial charge in [-0.3, -0.25) is 4.79 Å². The van der Waals surface area contributed by atoms with Crippen molar-refractivity contribution in [1.82, 2.24) is 0 Å². The van der Waals surface area contributed by atoms with E-state index in [1.54, 1.807) is 6.07 Å². The van der Waals surface area contributed by atoms with E-state index in [1.807, 2.05) is 0 Å². The van der Waals surface area contributed by atoms with Gasteiger partial charge in [0.2, 0.25) is 5.91 Å². The van der Waals surface area contributed by atoms with Crippen LogP contribution in [0.15, 0.2) is 36.4 Å². The van der Waals surface area contributed by atoms with Gasteiger partial charge in [-0.1, -0.05) is 17.7 Å². The van der Waals surface area contributed by atoms with Gasteiger partial charge in [-0.25, -0.2) is 4.79 Å². The van der Waals surface area contributed by atoms with Crippen molar-refractivity contribution in [1.29, 1.82) is 0 Å². The lowest BCUT2D eigenvalue weighted by Gasteiger charge is -2.13. The highest BCUT2D eigenvalue weighted by Crippen LogP contribution is 2.33. The van der Waals surface area contributed by atoms with E-state index in [-0.39, 0.29) is 40.5 Å². The topological polar surface area (TPSA) is 84.9 Å². The fraction of sp³-hybridized carbons (Fsp3) is 0.263. The van der Waals surface area contributed by atoms with E-state index < -0.39 is 18.1 Å². The minimum Gasteiger partial charge on any atom is -0.487 e. The summed E-state index contributed by atoms with van der Waals surface area (Å²) in [6.45, 7) is -0.0870. The Morgan fingerprint density at radius 2 is 1.90 bits per heavy atom. The van der Waals surface area contributed by atoms with Crippen LogP contribution in [0.3, 0.4) is 0 Å². The molecule has 1 saturated carbocycles. The summed E-state index contributed by atoms with van der Waals surface area (Å²) in [6.07, 6.45) is -3.27. The van der Waals surface area contributed by atoms with Gasteiger partial charge in [0.25, 0.3) is 0 Å². The maximum absolute atomic E-state index is 12.2. The zero-order valence-corrected chi connectivity index (χ0v) is 15.5. The summed E-state index contributed by atoms with van der Waals surface area (Å²) < 4.78 is 45.9. The predicted octanol–water partition coefficient (Wildman–Crippen LogP) is 4.86. The summed E-state index contributed by atoms with van der Waals surface area (Å²) in [4.78, 5) is 23.4. The average molecular weight is 430 g/mol. The van der Waals surface area contributed by atoms with Crippen molar-refractivity contribution >= 4 is 29.2 Å². The largest absolute Gasteiger partial charge is 0.573 e.